The van der Waals surface area contributed by atoms with Crippen LogP contribution in [0.15, 0.2) is 57.7 Å². The first-order valence-corrected chi connectivity index (χ1v) is 13.1. The molecular formula is C21H18ClN3O3S3. The lowest BCUT2D eigenvalue weighted by atomic mass is 10.1. The molecule has 2 aromatic carbocycles. The summed E-state index contributed by atoms with van der Waals surface area (Å²) >= 11 is 8.36. The monoisotopic (exact) mass is 491 g/mol. The summed E-state index contributed by atoms with van der Waals surface area (Å²) in [5, 5.41) is 2.23. The molecule has 1 atom stereocenters. The molecular weight excluding hydrogens is 474 g/mol. The van der Waals surface area contributed by atoms with Crippen LogP contribution in [0.3, 0.4) is 0 Å². The van der Waals surface area contributed by atoms with Gasteiger partial charge < -0.3 is 4.57 Å². The zero-order valence-corrected chi connectivity index (χ0v) is 19.7. The fourth-order valence-corrected chi connectivity index (χ4v) is 8.38. The fourth-order valence-electron chi connectivity index (χ4n) is 3.96. The van der Waals surface area contributed by atoms with Crippen molar-refractivity contribution in [2.75, 3.05) is 6.54 Å². The van der Waals surface area contributed by atoms with E-state index in [4.69, 9.17) is 11.6 Å². The largest absolute Gasteiger partial charge is 0.319 e. The maximum absolute atomic E-state index is 13.1. The number of carbonyl (C=O) groups is 1. The van der Waals surface area contributed by atoms with E-state index in [0.29, 0.717) is 28.5 Å². The minimum Gasteiger partial charge on any atom is -0.319 e. The summed E-state index contributed by atoms with van der Waals surface area (Å²) in [7, 11) is -1.91. The van der Waals surface area contributed by atoms with Crippen molar-refractivity contribution in [1.29, 1.82) is 0 Å². The van der Waals surface area contributed by atoms with Crippen molar-refractivity contribution in [2.24, 2.45) is 12.0 Å². The van der Waals surface area contributed by atoms with Gasteiger partial charge in [-0.1, -0.05) is 53.3 Å². The predicted molar refractivity (Wildman–Crippen MR) is 125 cm³/mol. The average Bonchev–Trinajstić information content (AvgIpc) is 3.48. The molecule has 0 saturated carbocycles. The fraction of sp³-hybridized carbons (Fsp3) is 0.238. The second-order valence-corrected chi connectivity index (χ2v) is 12.2. The molecule has 4 aromatic rings. The number of sulfonamides is 1. The number of rotatable bonds is 3. The second kappa shape index (κ2) is 7.83. The Bertz CT molecular complexity index is 1500. The number of carbonyl (C=O) groups excluding carboxylic acids is 1. The van der Waals surface area contributed by atoms with Gasteiger partial charge in [-0.05, 0) is 36.4 Å². The molecule has 5 rings (SSSR count). The number of fused-ring (bicyclic) bond motifs is 3. The highest BCUT2D eigenvalue weighted by atomic mass is 35.5. The molecule has 1 unspecified atom stereocenters. The summed E-state index contributed by atoms with van der Waals surface area (Å²) in [6.45, 7) is 0.299. The van der Waals surface area contributed by atoms with E-state index in [1.165, 1.54) is 21.7 Å². The molecule has 1 aliphatic rings. The van der Waals surface area contributed by atoms with Crippen LogP contribution in [0.5, 0.6) is 0 Å². The van der Waals surface area contributed by atoms with Gasteiger partial charge in [0, 0.05) is 19.0 Å². The van der Waals surface area contributed by atoms with Crippen molar-refractivity contribution in [3.05, 3.63) is 57.7 Å². The Labute approximate surface area is 192 Å². The molecule has 31 heavy (non-hydrogen) atoms. The topological polar surface area (TPSA) is 71.7 Å². The van der Waals surface area contributed by atoms with Gasteiger partial charge in [-0.3, -0.25) is 4.79 Å². The van der Waals surface area contributed by atoms with Crippen LogP contribution in [0, 0.1) is 0 Å². The number of hydrogen-bond acceptors (Lipinski definition) is 5. The highest BCUT2D eigenvalue weighted by Gasteiger charge is 2.40. The van der Waals surface area contributed by atoms with Crippen molar-refractivity contribution in [2.45, 2.75) is 23.1 Å². The molecule has 0 bridgehead atoms. The quantitative estimate of drug-likeness (QED) is 0.426. The number of nitrogens with zero attached hydrogens (tertiary/aromatic N) is 3. The van der Waals surface area contributed by atoms with Crippen LogP contribution < -0.4 is 4.80 Å². The van der Waals surface area contributed by atoms with Gasteiger partial charge in [0.15, 0.2) is 4.80 Å². The number of aromatic nitrogens is 1. The first-order chi connectivity index (χ1) is 14.9. The molecule has 3 heterocycles. The number of thiazole rings is 1. The Morgan fingerprint density at radius 2 is 1.94 bits per heavy atom. The molecule has 6 nitrogen and oxygen atoms in total. The summed E-state index contributed by atoms with van der Waals surface area (Å²) in [4.78, 5) is 18.0. The van der Waals surface area contributed by atoms with E-state index < -0.39 is 22.0 Å². The van der Waals surface area contributed by atoms with Crippen molar-refractivity contribution in [1.82, 2.24) is 8.87 Å². The Morgan fingerprint density at radius 3 is 2.71 bits per heavy atom. The van der Waals surface area contributed by atoms with E-state index >= 15 is 0 Å². The molecule has 0 radical (unpaired) electrons. The van der Waals surface area contributed by atoms with Gasteiger partial charge in [-0.25, -0.2) is 8.42 Å². The first-order valence-electron chi connectivity index (χ1n) is 9.69. The van der Waals surface area contributed by atoms with E-state index in [9.17, 15) is 13.2 Å². The lowest BCUT2D eigenvalue weighted by Crippen LogP contribution is -2.40. The molecule has 0 spiro atoms. The smallest absolute Gasteiger partial charge is 0.266 e. The zero-order valence-electron chi connectivity index (χ0n) is 16.5. The highest BCUT2D eigenvalue weighted by molar-refractivity contribution is 7.91. The molecule has 1 aliphatic heterocycles. The van der Waals surface area contributed by atoms with Gasteiger partial charge >= 0.3 is 0 Å². The Kier molecular flexibility index (Phi) is 5.26. The van der Waals surface area contributed by atoms with Crippen molar-refractivity contribution < 1.29 is 13.2 Å². The molecule has 0 N–H and O–H groups in total. The number of halogens is 1. The maximum Gasteiger partial charge on any atom is 0.266 e. The van der Waals surface area contributed by atoms with Gasteiger partial charge in [0.05, 0.1) is 14.6 Å². The van der Waals surface area contributed by atoms with Gasteiger partial charge in [-0.15, -0.1) is 11.3 Å². The van der Waals surface area contributed by atoms with Crippen LogP contribution in [0.2, 0.25) is 4.34 Å². The average molecular weight is 492 g/mol. The van der Waals surface area contributed by atoms with Crippen LogP contribution in [0.25, 0.3) is 21.0 Å². The molecule has 1 saturated heterocycles. The normalized spacial score (nSPS) is 18.4. The summed E-state index contributed by atoms with van der Waals surface area (Å²) in [6.07, 6.45) is 1.08. The van der Waals surface area contributed by atoms with Gasteiger partial charge in [-0.2, -0.15) is 9.30 Å². The molecule has 160 valence electrons. The summed E-state index contributed by atoms with van der Waals surface area (Å²) < 4.78 is 30.9. The number of aryl methyl sites for hydroxylation is 1. The van der Waals surface area contributed by atoms with Crippen LogP contribution >= 0.6 is 34.3 Å². The van der Waals surface area contributed by atoms with Crippen molar-refractivity contribution in [3.8, 4) is 0 Å². The van der Waals surface area contributed by atoms with E-state index in [-0.39, 0.29) is 4.21 Å². The third-order valence-corrected chi connectivity index (χ3v) is 10.3. The summed E-state index contributed by atoms with van der Waals surface area (Å²) in [5.74, 6) is -0.435. The van der Waals surface area contributed by atoms with Gasteiger partial charge in [0.1, 0.15) is 10.3 Å². The van der Waals surface area contributed by atoms with Crippen molar-refractivity contribution >= 4 is 71.2 Å². The number of benzene rings is 2. The lowest BCUT2D eigenvalue weighted by Gasteiger charge is -2.20. The van der Waals surface area contributed by atoms with Crippen LogP contribution in [-0.2, 0) is 21.9 Å². The molecule has 10 heteroatoms. The third kappa shape index (κ3) is 3.54. The maximum atomic E-state index is 13.1. The van der Waals surface area contributed by atoms with Crippen LogP contribution in [-0.4, -0.2) is 35.8 Å². The van der Waals surface area contributed by atoms with Gasteiger partial charge in [0.25, 0.3) is 15.9 Å². The van der Waals surface area contributed by atoms with Crippen LogP contribution in [0.4, 0.5) is 0 Å². The highest BCUT2D eigenvalue weighted by Crippen LogP contribution is 2.33. The SMILES string of the molecule is Cn1c(=NC(=O)C2CCCN2S(=O)(=O)c2ccc(Cl)s2)sc2c3ccccc3ccc21. The predicted octanol–water partition coefficient (Wildman–Crippen LogP) is 4.39. The number of amides is 1. The van der Waals surface area contributed by atoms with Crippen LogP contribution in [0.1, 0.15) is 12.8 Å². The molecule has 0 aliphatic carbocycles. The number of thiophene rings is 1. The zero-order chi connectivity index (χ0) is 21.8. The third-order valence-electron chi connectivity index (χ3n) is 5.51. The lowest BCUT2D eigenvalue weighted by molar-refractivity contribution is -0.121. The van der Waals surface area contributed by atoms with E-state index in [1.807, 2.05) is 35.9 Å². The van der Waals surface area contributed by atoms with Crippen molar-refractivity contribution in [3.63, 3.8) is 0 Å². The standard InChI is InChI=1S/C21H18ClN3O3S3/c1-24-15-9-8-13-5-2-3-6-14(13)19(15)30-21(24)23-20(26)16-7-4-12-25(16)31(27,28)18-11-10-17(22)29-18/h2-3,5-6,8-11,16H,4,7,12H2,1H3. The molecule has 1 amide bonds. The van der Waals surface area contributed by atoms with E-state index in [1.54, 1.807) is 6.07 Å². The summed E-state index contributed by atoms with van der Waals surface area (Å²) in [6, 6.07) is 14.4. The molecule has 2 aromatic heterocycles. The Balaban J connectivity index is 1.55. The number of hydrogen-bond donors (Lipinski definition) is 0. The Hall–Kier alpha value is -2.04. The first kappa shape index (κ1) is 20.8. The van der Waals surface area contributed by atoms with E-state index in [0.717, 1.165) is 32.3 Å². The Morgan fingerprint density at radius 1 is 1.13 bits per heavy atom. The minimum absolute atomic E-state index is 0.149. The summed E-state index contributed by atoms with van der Waals surface area (Å²) in [5.41, 5.74) is 0.986. The van der Waals surface area contributed by atoms with E-state index in [2.05, 4.69) is 17.1 Å². The second-order valence-electron chi connectivity index (χ2n) is 7.36. The van der Waals surface area contributed by atoms with Gasteiger partial charge in [0.2, 0.25) is 0 Å². The minimum atomic E-state index is -3.78. The molecule has 1 fully saturated rings.